The number of hydrogen-bond acceptors (Lipinski definition) is 5. The molecule has 1 unspecified atom stereocenters. The van der Waals surface area contributed by atoms with Crippen LogP contribution in [0.4, 0.5) is 0 Å². The molecule has 0 aliphatic carbocycles. The van der Waals surface area contributed by atoms with Gasteiger partial charge in [-0.1, -0.05) is 11.2 Å². The Bertz CT molecular complexity index is 321. The van der Waals surface area contributed by atoms with E-state index >= 15 is 0 Å². The molecule has 88 valence electrons. The minimum absolute atomic E-state index is 0.170. The van der Waals surface area contributed by atoms with Crippen LogP contribution >= 0.6 is 0 Å². The molecule has 0 rings (SSSR count). The molecule has 0 heterocycles. The molecular weight excluding hydrogens is 214 g/mol. The Morgan fingerprint density at radius 3 is 2.50 bits per heavy atom. The molecule has 0 radical (unpaired) electrons. The summed E-state index contributed by atoms with van der Waals surface area (Å²) in [7, 11) is 0. The monoisotopic (exact) mass is 227 g/mol. The van der Waals surface area contributed by atoms with Gasteiger partial charge < -0.3 is 9.47 Å². The van der Waals surface area contributed by atoms with Crippen LogP contribution in [-0.4, -0.2) is 31.2 Å². The number of rotatable bonds is 6. The number of ether oxygens (including phenoxy) is 2. The van der Waals surface area contributed by atoms with Crippen molar-refractivity contribution in [3.63, 3.8) is 0 Å². The van der Waals surface area contributed by atoms with Gasteiger partial charge >= 0.3 is 11.9 Å². The van der Waals surface area contributed by atoms with Gasteiger partial charge in [-0.3, -0.25) is 4.79 Å². The SMILES string of the molecule is CCOC(=O)/C=C/C(N=[N+]=[N-])C(=O)OCC. The van der Waals surface area contributed by atoms with Gasteiger partial charge in [-0.05, 0) is 19.4 Å². The van der Waals surface area contributed by atoms with Gasteiger partial charge in [0.2, 0.25) is 0 Å². The smallest absolute Gasteiger partial charge is 0.330 e. The minimum atomic E-state index is -1.14. The molecule has 0 spiro atoms. The maximum atomic E-state index is 11.2. The van der Waals surface area contributed by atoms with Crippen molar-refractivity contribution in [3.8, 4) is 0 Å². The summed E-state index contributed by atoms with van der Waals surface area (Å²) in [6, 6.07) is -1.14. The lowest BCUT2D eigenvalue weighted by Crippen LogP contribution is -2.19. The second-order valence-corrected chi connectivity index (χ2v) is 2.51. The molecule has 0 aromatic carbocycles. The predicted octanol–water partition coefficient (Wildman–Crippen LogP) is 1.35. The zero-order valence-corrected chi connectivity index (χ0v) is 9.12. The third kappa shape index (κ3) is 5.66. The number of azide groups is 1. The number of hydrogen-bond donors (Lipinski definition) is 0. The average molecular weight is 227 g/mol. The van der Waals surface area contributed by atoms with Crippen LogP contribution in [0, 0.1) is 0 Å². The molecule has 0 N–H and O–H groups in total. The molecule has 0 bridgehead atoms. The molecule has 0 amide bonds. The number of carbonyl (C=O) groups is 2. The van der Waals surface area contributed by atoms with Crippen molar-refractivity contribution in [2.45, 2.75) is 19.9 Å². The topological polar surface area (TPSA) is 101 Å². The van der Waals surface area contributed by atoms with Gasteiger partial charge in [0.25, 0.3) is 0 Å². The fourth-order valence-electron chi connectivity index (χ4n) is 0.808. The van der Waals surface area contributed by atoms with E-state index in [0.29, 0.717) is 0 Å². The van der Waals surface area contributed by atoms with E-state index in [9.17, 15) is 9.59 Å². The highest BCUT2D eigenvalue weighted by Crippen LogP contribution is 1.99. The van der Waals surface area contributed by atoms with Gasteiger partial charge in [-0.25, -0.2) is 4.79 Å². The highest BCUT2D eigenvalue weighted by molar-refractivity contribution is 5.85. The second-order valence-electron chi connectivity index (χ2n) is 2.51. The van der Waals surface area contributed by atoms with E-state index in [1.807, 2.05) is 0 Å². The molecule has 0 saturated carbocycles. The van der Waals surface area contributed by atoms with Crippen LogP contribution in [0.3, 0.4) is 0 Å². The third-order valence-electron chi connectivity index (χ3n) is 1.41. The summed E-state index contributed by atoms with van der Waals surface area (Å²) in [4.78, 5) is 24.6. The van der Waals surface area contributed by atoms with Gasteiger partial charge in [0.1, 0.15) is 0 Å². The summed E-state index contributed by atoms with van der Waals surface area (Å²) < 4.78 is 9.24. The molecule has 0 aliphatic heterocycles. The number of esters is 2. The largest absolute Gasteiger partial charge is 0.465 e. The quantitative estimate of drug-likeness (QED) is 0.224. The second kappa shape index (κ2) is 8.31. The van der Waals surface area contributed by atoms with Crippen LogP contribution in [0.2, 0.25) is 0 Å². The van der Waals surface area contributed by atoms with Crippen molar-refractivity contribution < 1.29 is 19.1 Å². The summed E-state index contributed by atoms with van der Waals surface area (Å²) >= 11 is 0. The lowest BCUT2D eigenvalue weighted by Gasteiger charge is -2.04. The van der Waals surface area contributed by atoms with Crippen molar-refractivity contribution in [2.75, 3.05) is 13.2 Å². The predicted molar refractivity (Wildman–Crippen MR) is 55.3 cm³/mol. The third-order valence-corrected chi connectivity index (χ3v) is 1.41. The molecule has 0 aromatic rings. The Labute approximate surface area is 92.7 Å². The standard InChI is InChI=1S/C9H13N3O4/c1-3-15-8(13)6-5-7(11-12-10)9(14)16-4-2/h5-7H,3-4H2,1-2H3/b6-5+. The van der Waals surface area contributed by atoms with Crippen molar-refractivity contribution in [2.24, 2.45) is 5.11 Å². The van der Waals surface area contributed by atoms with Gasteiger partial charge in [-0.15, -0.1) is 0 Å². The maximum absolute atomic E-state index is 11.2. The van der Waals surface area contributed by atoms with E-state index in [4.69, 9.17) is 5.53 Å². The molecule has 0 aliphatic rings. The Balaban J connectivity index is 4.49. The molecule has 0 fully saturated rings. The summed E-state index contributed by atoms with van der Waals surface area (Å²) in [6.45, 7) is 3.68. The van der Waals surface area contributed by atoms with E-state index in [1.165, 1.54) is 0 Å². The first-order chi connectivity index (χ1) is 7.65. The van der Waals surface area contributed by atoms with Gasteiger partial charge in [-0.2, -0.15) is 0 Å². The fraction of sp³-hybridized carbons (Fsp3) is 0.556. The van der Waals surface area contributed by atoms with Crippen LogP contribution in [0.1, 0.15) is 13.8 Å². The van der Waals surface area contributed by atoms with Gasteiger partial charge in [0.05, 0.1) is 13.2 Å². The number of carbonyl (C=O) groups excluding carboxylic acids is 2. The fourth-order valence-corrected chi connectivity index (χ4v) is 0.808. The Kier molecular flexibility index (Phi) is 7.27. The van der Waals surface area contributed by atoms with Crippen molar-refractivity contribution >= 4 is 11.9 Å². The van der Waals surface area contributed by atoms with Crippen molar-refractivity contribution in [1.29, 1.82) is 0 Å². The Hall–Kier alpha value is -2.01. The molecule has 7 heteroatoms. The zero-order chi connectivity index (χ0) is 12.4. The molecule has 1 atom stereocenters. The van der Waals surface area contributed by atoms with E-state index in [1.54, 1.807) is 13.8 Å². The lowest BCUT2D eigenvalue weighted by molar-refractivity contribution is -0.143. The Morgan fingerprint density at radius 2 is 2.00 bits per heavy atom. The molecule has 0 saturated heterocycles. The van der Waals surface area contributed by atoms with E-state index < -0.39 is 18.0 Å². The summed E-state index contributed by atoms with van der Waals surface area (Å²) in [5.74, 6) is -1.31. The summed E-state index contributed by atoms with van der Waals surface area (Å²) in [5, 5.41) is 3.19. The lowest BCUT2D eigenvalue weighted by atomic mass is 10.3. The molecule has 16 heavy (non-hydrogen) atoms. The van der Waals surface area contributed by atoms with E-state index in [0.717, 1.165) is 12.2 Å². The van der Waals surface area contributed by atoms with Crippen LogP contribution < -0.4 is 0 Å². The van der Waals surface area contributed by atoms with Crippen molar-refractivity contribution in [3.05, 3.63) is 22.6 Å². The van der Waals surface area contributed by atoms with Gasteiger partial charge in [0.15, 0.2) is 6.04 Å². The van der Waals surface area contributed by atoms with Gasteiger partial charge in [0, 0.05) is 11.0 Å². The van der Waals surface area contributed by atoms with Crippen LogP contribution in [0.15, 0.2) is 17.3 Å². The highest BCUT2D eigenvalue weighted by Gasteiger charge is 2.14. The Morgan fingerprint density at radius 1 is 1.38 bits per heavy atom. The first-order valence-electron chi connectivity index (χ1n) is 4.71. The number of nitrogens with zero attached hydrogens (tertiary/aromatic N) is 3. The molecule has 0 aromatic heterocycles. The maximum Gasteiger partial charge on any atom is 0.330 e. The first-order valence-corrected chi connectivity index (χ1v) is 4.71. The minimum Gasteiger partial charge on any atom is -0.465 e. The van der Waals surface area contributed by atoms with Crippen LogP contribution in [0.5, 0.6) is 0 Å². The zero-order valence-electron chi connectivity index (χ0n) is 9.12. The average Bonchev–Trinajstić information content (AvgIpc) is 2.24. The van der Waals surface area contributed by atoms with Crippen LogP contribution in [0.25, 0.3) is 10.4 Å². The van der Waals surface area contributed by atoms with E-state index in [-0.39, 0.29) is 13.2 Å². The molecule has 7 nitrogen and oxygen atoms in total. The highest BCUT2D eigenvalue weighted by atomic mass is 16.5. The molecular formula is C9H13N3O4. The van der Waals surface area contributed by atoms with E-state index in [2.05, 4.69) is 19.5 Å². The summed E-state index contributed by atoms with van der Waals surface area (Å²) in [5.41, 5.74) is 8.22. The van der Waals surface area contributed by atoms with Crippen LogP contribution in [-0.2, 0) is 19.1 Å². The van der Waals surface area contributed by atoms with Crippen molar-refractivity contribution in [1.82, 2.24) is 0 Å². The normalized spacial score (nSPS) is 11.6. The summed E-state index contributed by atoms with van der Waals surface area (Å²) in [6.07, 6.45) is 2.16. The first kappa shape index (κ1) is 14.0.